The minimum Gasteiger partial charge on any atom is -0.379 e. The number of hydrogen-bond donors (Lipinski definition) is 2. The predicted octanol–water partition coefficient (Wildman–Crippen LogP) is 3.97. The number of pyridine rings is 1. The summed E-state index contributed by atoms with van der Waals surface area (Å²) >= 11 is 1.71. The molecule has 0 radical (unpaired) electrons. The van der Waals surface area contributed by atoms with Crippen molar-refractivity contribution in [3.05, 3.63) is 65.7 Å². The van der Waals surface area contributed by atoms with Gasteiger partial charge in [-0.3, -0.25) is 10.2 Å². The zero-order valence-electron chi connectivity index (χ0n) is 22.0. The average molecular weight is 559 g/mol. The van der Waals surface area contributed by atoms with Gasteiger partial charge in [0.05, 0.1) is 31.3 Å². The van der Waals surface area contributed by atoms with Gasteiger partial charge in [-0.1, -0.05) is 6.07 Å². The number of aromatic nitrogens is 4. The van der Waals surface area contributed by atoms with Gasteiger partial charge in [0, 0.05) is 55.0 Å². The first kappa shape index (κ1) is 26.3. The van der Waals surface area contributed by atoms with E-state index in [-0.39, 0.29) is 6.03 Å². The number of urea groups is 1. The monoisotopic (exact) mass is 558 g/mol. The number of nitrogens with zero attached hydrogens (tertiary/aromatic N) is 6. The maximum absolute atomic E-state index is 12.4. The largest absolute Gasteiger partial charge is 0.379 e. The highest BCUT2D eigenvalue weighted by Crippen LogP contribution is 2.30. The topological polar surface area (TPSA) is 118 Å². The van der Waals surface area contributed by atoms with Crippen LogP contribution in [0.15, 0.2) is 60.8 Å². The first-order valence-electron chi connectivity index (χ1n) is 13.3. The van der Waals surface area contributed by atoms with Crippen LogP contribution < -0.4 is 15.5 Å². The highest BCUT2D eigenvalue weighted by molar-refractivity contribution is 7.15. The Kier molecular flexibility index (Phi) is 8.19. The first-order chi connectivity index (χ1) is 19.7. The normalized spacial score (nSPS) is 16.1. The molecule has 6 rings (SSSR count). The number of thiophene rings is 1. The van der Waals surface area contributed by atoms with Gasteiger partial charge in [-0.25, -0.2) is 14.8 Å². The van der Waals surface area contributed by atoms with Gasteiger partial charge in [0.15, 0.2) is 11.6 Å². The minimum absolute atomic E-state index is 0.367. The smallest absolute Gasteiger partial charge is 0.324 e. The van der Waals surface area contributed by atoms with Crippen LogP contribution in [0.25, 0.3) is 22.1 Å². The molecule has 3 aromatic heterocycles. The van der Waals surface area contributed by atoms with Gasteiger partial charge in [0.25, 0.3) is 0 Å². The summed E-state index contributed by atoms with van der Waals surface area (Å²) in [4.78, 5) is 37.8. The summed E-state index contributed by atoms with van der Waals surface area (Å²) in [7, 11) is 0. The van der Waals surface area contributed by atoms with E-state index < -0.39 is 0 Å². The molecule has 2 saturated heterocycles. The molecule has 2 aliphatic rings. The molecule has 206 valence electrons. The zero-order chi connectivity index (χ0) is 27.1. The van der Waals surface area contributed by atoms with Gasteiger partial charge in [-0.05, 0) is 48.5 Å². The molecule has 12 heteroatoms. The van der Waals surface area contributed by atoms with E-state index in [2.05, 4.69) is 37.6 Å². The molecule has 0 atom stereocenters. The summed E-state index contributed by atoms with van der Waals surface area (Å²) in [6.45, 7) is 7.07. The van der Waals surface area contributed by atoms with Crippen molar-refractivity contribution >= 4 is 34.8 Å². The van der Waals surface area contributed by atoms with Crippen LogP contribution in [0.3, 0.4) is 0 Å². The van der Waals surface area contributed by atoms with Crippen LogP contribution in [0.5, 0.6) is 0 Å². The van der Waals surface area contributed by atoms with E-state index in [0.29, 0.717) is 42.3 Å². The fourth-order valence-corrected chi connectivity index (χ4v) is 5.47. The van der Waals surface area contributed by atoms with Crippen molar-refractivity contribution in [2.75, 3.05) is 68.1 Å². The molecule has 2 amide bonds. The predicted molar refractivity (Wildman–Crippen MR) is 155 cm³/mol. The second-order valence-electron chi connectivity index (χ2n) is 9.41. The van der Waals surface area contributed by atoms with Crippen LogP contribution in [-0.2, 0) is 16.0 Å². The number of anilines is 3. The summed E-state index contributed by atoms with van der Waals surface area (Å²) in [6, 6.07) is 16.7. The Morgan fingerprint density at radius 3 is 2.33 bits per heavy atom. The molecule has 0 saturated carbocycles. The van der Waals surface area contributed by atoms with E-state index >= 15 is 0 Å². The number of benzene rings is 1. The van der Waals surface area contributed by atoms with Gasteiger partial charge in [0.1, 0.15) is 5.82 Å². The van der Waals surface area contributed by atoms with Crippen molar-refractivity contribution < 1.29 is 14.3 Å². The second-order valence-corrected chi connectivity index (χ2v) is 10.6. The van der Waals surface area contributed by atoms with Crippen LogP contribution in [-0.4, -0.2) is 83.5 Å². The Balaban J connectivity index is 1.22. The maximum Gasteiger partial charge on any atom is 0.324 e. The van der Waals surface area contributed by atoms with E-state index in [9.17, 15) is 4.79 Å². The molecule has 11 nitrogen and oxygen atoms in total. The lowest BCUT2D eigenvalue weighted by Gasteiger charge is -2.27. The van der Waals surface area contributed by atoms with Crippen LogP contribution in [0.1, 0.15) is 4.88 Å². The number of amides is 2. The van der Waals surface area contributed by atoms with Crippen molar-refractivity contribution in [3.8, 4) is 22.1 Å². The SMILES string of the molecule is O=C(Nc1ccc(-c2nc(-c3ccc(CN4CCOCC4)s3)nc(N3CCOCC3)n2)cc1)Nc1ccccn1. The van der Waals surface area contributed by atoms with E-state index in [1.807, 2.05) is 30.3 Å². The fourth-order valence-electron chi connectivity index (χ4n) is 4.49. The van der Waals surface area contributed by atoms with Gasteiger partial charge in [-0.15, -0.1) is 11.3 Å². The van der Waals surface area contributed by atoms with Gasteiger partial charge in [0.2, 0.25) is 5.95 Å². The second kappa shape index (κ2) is 12.5. The lowest BCUT2D eigenvalue weighted by atomic mass is 10.2. The van der Waals surface area contributed by atoms with Gasteiger partial charge in [-0.2, -0.15) is 9.97 Å². The Labute approximate surface area is 236 Å². The maximum atomic E-state index is 12.4. The van der Waals surface area contributed by atoms with Crippen LogP contribution >= 0.6 is 11.3 Å². The van der Waals surface area contributed by atoms with Crippen LogP contribution in [0.2, 0.25) is 0 Å². The molecular weight excluding hydrogens is 528 g/mol. The highest BCUT2D eigenvalue weighted by Gasteiger charge is 2.19. The average Bonchev–Trinajstić information content (AvgIpc) is 3.47. The quantitative estimate of drug-likeness (QED) is 0.347. The number of nitrogens with one attached hydrogen (secondary N) is 2. The summed E-state index contributed by atoms with van der Waals surface area (Å²) in [5.41, 5.74) is 1.48. The molecule has 0 spiro atoms. The number of carbonyl (C=O) groups excluding carboxylic acids is 1. The van der Waals surface area contributed by atoms with Crippen molar-refractivity contribution in [3.63, 3.8) is 0 Å². The zero-order valence-corrected chi connectivity index (χ0v) is 22.8. The number of ether oxygens (including phenoxy) is 2. The highest BCUT2D eigenvalue weighted by atomic mass is 32.1. The third kappa shape index (κ3) is 6.59. The van der Waals surface area contributed by atoms with Crippen LogP contribution in [0.4, 0.5) is 22.2 Å². The fraction of sp³-hybridized carbons (Fsp3) is 0.321. The minimum atomic E-state index is -0.367. The van der Waals surface area contributed by atoms with Crippen molar-refractivity contribution in [2.45, 2.75) is 6.54 Å². The summed E-state index contributed by atoms with van der Waals surface area (Å²) in [5.74, 6) is 2.36. The molecule has 5 heterocycles. The lowest BCUT2D eigenvalue weighted by Crippen LogP contribution is -2.37. The first-order valence-corrected chi connectivity index (χ1v) is 14.1. The Morgan fingerprint density at radius 2 is 1.57 bits per heavy atom. The number of carbonyl (C=O) groups is 1. The Morgan fingerprint density at radius 1 is 0.825 bits per heavy atom. The molecule has 0 unspecified atom stereocenters. The summed E-state index contributed by atoms with van der Waals surface area (Å²) < 4.78 is 11.0. The molecule has 2 N–H and O–H groups in total. The van der Waals surface area contributed by atoms with Crippen molar-refractivity contribution in [1.82, 2.24) is 24.8 Å². The molecular formula is C28H30N8O3S. The molecule has 1 aromatic carbocycles. The standard InChI is InChI=1S/C28H30N8O3S/c37-28(31-24-3-1-2-10-29-24)30-21-6-4-20(5-7-21)25-32-26(34-27(33-25)36-13-17-39-18-14-36)23-9-8-22(40-23)19-35-11-15-38-16-12-35/h1-10H,11-19H2,(H2,29,30,31,37). The van der Waals surface area contributed by atoms with E-state index in [0.717, 1.165) is 56.4 Å². The third-order valence-corrected chi connectivity index (χ3v) is 7.66. The summed E-state index contributed by atoms with van der Waals surface area (Å²) in [6.07, 6.45) is 1.62. The van der Waals surface area contributed by atoms with Crippen LogP contribution in [0, 0.1) is 0 Å². The molecule has 0 aliphatic carbocycles. The molecule has 40 heavy (non-hydrogen) atoms. The van der Waals surface area contributed by atoms with E-state index in [1.165, 1.54) is 4.88 Å². The molecule has 2 fully saturated rings. The Hall–Kier alpha value is -3.97. The van der Waals surface area contributed by atoms with Gasteiger partial charge < -0.3 is 19.7 Å². The van der Waals surface area contributed by atoms with Crippen molar-refractivity contribution in [1.29, 1.82) is 0 Å². The lowest BCUT2D eigenvalue weighted by molar-refractivity contribution is 0.0346. The molecule has 0 bridgehead atoms. The van der Waals surface area contributed by atoms with Gasteiger partial charge >= 0.3 is 6.03 Å². The summed E-state index contributed by atoms with van der Waals surface area (Å²) in [5, 5.41) is 5.55. The number of hydrogen-bond acceptors (Lipinski definition) is 10. The van der Waals surface area contributed by atoms with E-state index in [4.69, 9.17) is 24.4 Å². The van der Waals surface area contributed by atoms with E-state index in [1.54, 1.807) is 29.7 Å². The number of rotatable bonds is 7. The van der Waals surface area contributed by atoms with Crippen molar-refractivity contribution in [2.24, 2.45) is 0 Å². The Bertz CT molecular complexity index is 1420. The number of morpholine rings is 2. The molecule has 4 aromatic rings. The third-order valence-electron chi connectivity index (χ3n) is 6.59. The molecule has 2 aliphatic heterocycles.